The third-order valence-corrected chi connectivity index (χ3v) is 5.47. The quantitative estimate of drug-likeness (QED) is 0.915. The van der Waals surface area contributed by atoms with Crippen molar-refractivity contribution in [3.05, 3.63) is 41.6 Å². The number of aromatic nitrogens is 2. The van der Waals surface area contributed by atoms with Crippen molar-refractivity contribution in [2.75, 3.05) is 19.7 Å². The lowest BCUT2D eigenvalue weighted by atomic mass is 9.94. The number of aromatic amines is 1. The van der Waals surface area contributed by atoms with Gasteiger partial charge < -0.3 is 9.64 Å². The number of amides is 1. The standard InChI is InChI=1S/C20H25N3O2/c1-20(11-5-6-14-25-20)19(24)23-12-9-16-17(10-13-23)21-22-18(16)15-7-3-2-4-8-15/h2-4,7-8H,5-6,9-14H2,1H3,(H,21,22). The van der Waals surface area contributed by atoms with Crippen molar-refractivity contribution in [1.29, 1.82) is 0 Å². The van der Waals surface area contributed by atoms with Gasteiger partial charge in [-0.05, 0) is 32.6 Å². The molecule has 0 radical (unpaired) electrons. The molecule has 1 fully saturated rings. The van der Waals surface area contributed by atoms with E-state index in [1.807, 2.05) is 30.0 Å². The maximum absolute atomic E-state index is 13.0. The molecule has 1 unspecified atom stereocenters. The van der Waals surface area contributed by atoms with Gasteiger partial charge in [0.15, 0.2) is 0 Å². The number of rotatable bonds is 2. The van der Waals surface area contributed by atoms with Crippen LogP contribution < -0.4 is 0 Å². The number of nitrogens with zero attached hydrogens (tertiary/aromatic N) is 2. The number of benzene rings is 1. The summed E-state index contributed by atoms with van der Waals surface area (Å²) >= 11 is 0. The molecule has 3 heterocycles. The van der Waals surface area contributed by atoms with E-state index in [-0.39, 0.29) is 5.91 Å². The van der Waals surface area contributed by atoms with Crippen LogP contribution in [-0.2, 0) is 22.4 Å². The van der Waals surface area contributed by atoms with E-state index in [9.17, 15) is 4.79 Å². The van der Waals surface area contributed by atoms with Crippen molar-refractivity contribution in [3.8, 4) is 11.3 Å². The highest BCUT2D eigenvalue weighted by molar-refractivity contribution is 5.85. The van der Waals surface area contributed by atoms with Gasteiger partial charge in [0, 0.05) is 42.9 Å². The molecule has 0 saturated carbocycles. The van der Waals surface area contributed by atoms with Crippen LogP contribution >= 0.6 is 0 Å². The van der Waals surface area contributed by atoms with Crippen molar-refractivity contribution in [2.45, 2.75) is 44.6 Å². The molecule has 2 aliphatic rings. The van der Waals surface area contributed by atoms with E-state index in [1.165, 1.54) is 5.56 Å². The van der Waals surface area contributed by atoms with E-state index in [4.69, 9.17) is 4.74 Å². The molecule has 1 N–H and O–H groups in total. The number of H-pyrrole nitrogens is 1. The van der Waals surface area contributed by atoms with Crippen LogP contribution in [0.15, 0.2) is 30.3 Å². The van der Waals surface area contributed by atoms with Gasteiger partial charge >= 0.3 is 0 Å². The molecule has 1 saturated heterocycles. The van der Waals surface area contributed by atoms with Crippen molar-refractivity contribution in [3.63, 3.8) is 0 Å². The van der Waals surface area contributed by atoms with Crippen LogP contribution in [0.2, 0.25) is 0 Å². The summed E-state index contributed by atoms with van der Waals surface area (Å²) < 4.78 is 5.86. The van der Waals surface area contributed by atoms with Crippen LogP contribution in [0.4, 0.5) is 0 Å². The van der Waals surface area contributed by atoms with E-state index >= 15 is 0 Å². The second kappa shape index (κ2) is 6.64. The fourth-order valence-corrected chi connectivity index (χ4v) is 3.96. The molecular formula is C20H25N3O2. The normalized spacial score (nSPS) is 23.8. The van der Waals surface area contributed by atoms with E-state index in [1.54, 1.807) is 0 Å². The highest BCUT2D eigenvalue weighted by Gasteiger charge is 2.39. The summed E-state index contributed by atoms with van der Waals surface area (Å²) in [5.41, 5.74) is 3.91. The van der Waals surface area contributed by atoms with Crippen molar-refractivity contribution >= 4 is 5.91 Å². The summed E-state index contributed by atoms with van der Waals surface area (Å²) in [5.74, 6) is 0.145. The molecule has 4 rings (SSSR count). The minimum absolute atomic E-state index is 0.145. The van der Waals surface area contributed by atoms with E-state index in [0.717, 1.165) is 62.1 Å². The summed E-state index contributed by atoms with van der Waals surface area (Å²) in [6, 6.07) is 10.2. The van der Waals surface area contributed by atoms with Gasteiger partial charge in [0.25, 0.3) is 5.91 Å². The first-order valence-corrected chi connectivity index (χ1v) is 9.22. The number of ether oxygens (including phenoxy) is 1. The Morgan fingerprint density at radius 2 is 2.00 bits per heavy atom. The zero-order valence-electron chi connectivity index (χ0n) is 14.8. The van der Waals surface area contributed by atoms with E-state index in [2.05, 4.69) is 22.3 Å². The molecule has 1 atom stereocenters. The summed E-state index contributed by atoms with van der Waals surface area (Å²) in [4.78, 5) is 15.0. The smallest absolute Gasteiger partial charge is 0.254 e. The second-order valence-electron chi connectivity index (χ2n) is 7.22. The predicted molar refractivity (Wildman–Crippen MR) is 96.2 cm³/mol. The molecule has 0 spiro atoms. The van der Waals surface area contributed by atoms with Crippen LogP contribution in [0.5, 0.6) is 0 Å². The SMILES string of the molecule is CC1(C(=O)N2CCc3[nH]nc(-c4ccccc4)c3CC2)CCCCO1. The lowest BCUT2D eigenvalue weighted by Gasteiger charge is -2.36. The summed E-state index contributed by atoms with van der Waals surface area (Å²) in [7, 11) is 0. The molecule has 25 heavy (non-hydrogen) atoms. The number of carbonyl (C=O) groups is 1. The van der Waals surface area contributed by atoms with E-state index in [0.29, 0.717) is 6.61 Å². The van der Waals surface area contributed by atoms with Gasteiger partial charge in [-0.3, -0.25) is 9.89 Å². The summed E-state index contributed by atoms with van der Waals surface area (Å²) in [6.45, 7) is 4.10. The zero-order valence-corrected chi connectivity index (χ0v) is 14.8. The minimum Gasteiger partial charge on any atom is -0.365 e. The van der Waals surface area contributed by atoms with Crippen molar-refractivity contribution < 1.29 is 9.53 Å². The molecule has 1 aromatic carbocycles. The Hall–Kier alpha value is -2.14. The van der Waals surface area contributed by atoms with Crippen LogP contribution in [0.3, 0.4) is 0 Å². The highest BCUT2D eigenvalue weighted by Crippen LogP contribution is 2.30. The van der Waals surface area contributed by atoms with Crippen LogP contribution in [0, 0.1) is 0 Å². The third kappa shape index (κ3) is 3.09. The Balaban J connectivity index is 1.53. The Labute approximate surface area is 148 Å². The Morgan fingerprint density at radius 3 is 2.76 bits per heavy atom. The predicted octanol–water partition coefficient (Wildman–Crippen LogP) is 2.96. The lowest BCUT2D eigenvalue weighted by Crippen LogP contribution is -2.51. The number of hydrogen-bond acceptors (Lipinski definition) is 3. The first-order chi connectivity index (χ1) is 12.2. The van der Waals surface area contributed by atoms with Gasteiger partial charge in [0.2, 0.25) is 0 Å². The van der Waals surface area contributed by atoms with Crippen molar-refractivity contribution in [1.82, 2.24) is 15.1 Å². The molecule has 132 valence electrons. The summed E-state index contributed by atoms with van der Waals surface area (Å²) in [6.07, 6.45) is 4.59. The summed E-state index contributed by atoms with van der Waals surface area (Å²) in [5, 5.41) is 7.72. The maximum Gasteiger partial charge on any atom is 0.254 e. The molecule has 5 heteroatoms. The van der Waals surface area contributed by atoms with Gasteiger partial charge in [0.1, 0.15) is 5.60 Å². The van der Waals surface area contributed by atoms with E-state index < -0.39 is 5.60 Å². The van der Waals surface area contributed by atoms with Gasteiger partial charge in [-0.15, -0.1) is 0 Å². The molecule has 2 aliphatic heterocycles. The molecular weight excluding hydrogens is 314 g/mol. The fourth-order valence-electron chi connectivity index (χ4n) is 3.96. The van der Waals surface area contributed by atoms with Gasteiger partial charge in [-0.25, -0.2) is 0 Å². The molecule has 1 aromatic heterocycles. The first kappa shape index (κ1) is 16.3. The number of nitrogens with one attached hydrogen (secondary N) is 1. The van der Waals surface area contributed by atoms with Crippen LogP contribution in [0.25, 0.3) is 11.3 Å². The number of fused-ring (bicyclic) bond motifs is 1. The van der Waals surface area contributed by atoms with Gasteiger partial charge in [-0.1, -0.05) is 30.3 Å². The molecule has 0 bridgehead atoms. The number of hydrogen-bond donors (Lipinski definition) is 1. The molecule has 2 aromatic rings. The first-order valence-electron chi connectivity index (χ1n) is 9.22. The highest BCUT2D eigenvalue weighted by atomic mass is 16.5. The molecule has 5 nitrogen and oxygen atoms in total. The Kier molecular flexibility index (Phi) is 4.34. The molecule has 0 aliphatic carbocycles. The zero-order chi connectivity index (χ0) is 17.3. The minimum atomic E-state index is -0.642. The number of carbonyl (C=O) groups excluding carboxylic acids is 1. The maximum atomic E-state index is 13.0. The van der Waals surface area contributed by atoms with Crippen molar-refractivity contribution in [2.24, 2.45) is 0 Å². The van der Waals surface area contributed by atoms with Crippen LogP contribution in [0.1, 0.15) is 37.4 Å². The average molecular weight is 339 g/mol. The lowest BCUT2D eigenvalue weighted by molar-refractivity contribution is -0.161. The van der Waals surface area contributed by atoms with Gasteiger partial charge in [0.05, 0.1) is 5.69 Å². The topological polar surface area (TPSA) is 58.2 Å². The third-order valence-electron chi connectivity index (χ3n) is 5.47. The fraction of sp³-hybridized carbons (Fsp3) is 0.500. The molecule has 1 amide bonds. The second-order valence-corrected chi connectivity index (χ2v) is 7.22. The largest absolute Gasteiger partial charge is 0.365 e. The van der Waals surface area contributed by atoms with Crippen LogP contribution in [-0.4, -0.2) is 46.3 Å². The Morgan fingerprint density at radius 1 is 1.20 bits per heavy atom. The Bertz CT molecular complexity index is 748. The average Bonchev–Trinajstić information content (AvgIpc) is 2.94. The monoisotopic (exact) mass is 339 g/mol. The van der Waals surface area contributed by atoms with Gasteiger partial charge in [-0.2, -0.15) is 5.10 Å².